The molecule has 0 unspecified atom stereocenters. The maximum Gasteiger partial charge on any atom is 0.323 e. The predicted molar refractivity (Wildman–Crippen MR) is 61.9 cm³/mol. The molecule has 0 aromatic heterocycles. The van der Waals surface area contributed by atoms with Gasteiger partial charge < -0.3 is 9.84 Å². The summed E-state index contributed by atoms with van der Waals surface area (Å²) in [5.41, 5.74) is -0.293. The fraction of sp³-hybridized carbons (Fsp3) is 0.750. The van der Waals surface area contributed by atoms with Crippen LogP contribution in [0.3, 0.4) is 0 Å². The number of esters is 1. The summed E-state index contributed by atoms with van der Waals surface area (Å²) in [6, 6.07) is -0.298. The minimum atomic E-state index is -0.298. The lowest BCUT2D eigenvalue weighted by molar-refractivity contribution is -0.149. The highest BCUT2D eigenvalue weighted by Crippen LogP contribution is 2.44. The average Bonchev–Trinajstić information content (AvgIpc) is 2.49. The highest BCUT2D eigenvalue weighted by Gasteiger charge is 2.52. The molecule has 1 rings (SSSR count). The Balaban J connectivity index is 3.02. The summed E-state index contributed by atoms with van der Waals surface area (Å²) in [7, 11) is 3.29. The van der Waals surface area contributed by atoms with E-state index >= 15 is 0 Å². The molecule has 1 heterocycles. The van der Waals surface area contributed by atoms with Gasteiger partial charge in [-0.25, -0.2) is 0 Å². The molecule has 0 saturated carbocycles. The number of likely N-dealkylation sites (tertiary alicyclic amines) is 1. The van der Waals surface area contributed by atoms with Crippen LogP contribution in [0.4, 0.5) is 0 Å². The Hall–Kier alpha value is -0.870. The van der Waals surface area contributed by atoms with E-state index in [1.807, 2.05) is 18.9 Å². The van der Waals surface area contributed by atoms with Crippen LogP contribution in [-0.4, -0.2) is 49.3 Å². The highest BCUT2D eigenvalue weighted by atomic mass is 16.5. The van der Waals surface area contributed by atoms with Crippen molar-refractivity contribution in [1.82, 2.24) is 4.90 Å². The molecule has 1 fully saturated rings. The highest BCUT2D eigenvalue weighted by molar-refractivity contribution is 5.77. The number of carbonyl (C=O) groups excluding carboxylic acids is 1. The van der Waals surface area contributed by atoms with E-state index < -0.39 is 0 Å². The summed E-state index contributed by atoms with van der Waals surface area (Å²) in [5.74, 6) is -0.151. The van der Waals surface area contributed by atoms with Gasteiger partial charge in [-0.05, 0) is 13.5 Å². The predicted octanol–water partition coefficient (Wildman–Crippen LogP) is 0.664. The van der Waals surface area contributed by atoms with Gasteiger partial charge in [0.25, 0.3) is 0 Å². The van der Waals surface area contributed by atoms with E-state index in [9.17, 15) is 9.90 Å². The zero-order valence-corrected chi connectivity index (χ0v) is 10.3. The Morgan fingerprint density at radius 1 is 1.75 bits per heavy atom. The number of methoxy groups -OCH3 is 1. The average molecular weight is 227 g/mol. The van der Waals surface area contributed by atoms with Crippen molar-refractivity contribution in [2.45, 2.75) is 19.4 Å². The van der Waals surface area contributed by atoms with Crippen LogP contribution in [-0.2, 0) is 9.53 Å². The van der Waals surface area contributed by atoms with Gasteiger partial charge in [-0.15, -0.1) is 6.58 Å². The summed E-state index contributed by atoms with van der Waals surface area (Å²) < 4.78 is 4.84. The first-order chi connectivity index (χ1) is 7.51. The maximum atomic E-state index is 11.8. The summed E-state index contributed by atoms with van der Waals surface area (Å²) >= 11 is 0. The Kier molecular flexibility index (Phi) is 4.10. The minimum absolute atomic E-state index is 0.0830. The van der Waals surface area contributed by atoms with Crippen LogP contribution in [0.15, 0.2) is 12.7 Å². The van der Waals surface area contributed by atoms with E-state index in [1.54, 1.807) is 6.08 Å². The van der Waals surface area contributed by atoms with Crippen molar-refractivity contribution in [2.24, 2.45) is 11.3 Å². The molecule has 0 bridgehead atoms. The van der Waals surface area contributed by atoms with E-state index in [2.05, 4.69) is 6.58 Å². The van der Waals surface area contributed by atoms with Crippen LogP contribution in [0.25, 0.3) is 0 Å². The van der Waals surface area contributed by atoms with Crippen LogP contribution >= 0.6 is 0 Å². The quantitative estimate of drug-likeness (QED) is 0.566. The second-order valence-electron chi connectivity index (χ2n) is 4.74. The minimum Gasteiger partial charge on any atom is -0.468 e. The van der Waals surface area contributed by atoms with Crippen LogP contribution in [0.5, 0.6) is 0 Å². The zero-order valence-electron chi connectivity index (χ0n) is 10.3. The Labute approximate surface area is 96.9 Å². The molecule has 4 heteroatoms. The fourth-order valence-corrected chi connectivity index (χ4v) is 2.80. The van der Waals surface area contributed by atoms with Crippen molar-refractivity contribution in [3.05, 3.63) is 12.7 Å². The van der Waals surface area contributed by atoms with Gasteiger partial charge in [0, 0.05) is 24.5 Å². The van der Waals surface area contributed by atoms with Gasteiger partial charge in [0.15, 0.2) is 0 Å². The third-order valence-corrected chi connectivity index (χ3v) is 3.74. The van der Waals surface area contributed by atoms with Gasteiger partial charge in [-0.2, -0.15) is 0 Å². The van der Waals surface area contributed by atoms with Gasteiger partial charge in [0.2, 0.25) is 0 Å². The molecule has 1 N–H and O–H groups in total. The van der Waals surface area contributed by atoms with Gasteiger partial charge in [-0.3, -0.25) is 9.69 Å². The molecule has 0 aliphatic carbocycles. The summed E-state index contributed by atoms with van der Waals surface area (Å²) in [6.07, 6.45) is 2.50. The zero-order chi connectivity index (χ0) is 12.3. The number of likely N-dealkylation sites (N-methyl/N-ethyl adjacent to an activating group) is 1. The van der Waals surface area contributed by atoms with E-state index in [0.29, 0.717) is 13.0 Å². The van der Waals surface area contributed by atoms with Crippen molar-refractivity contribution in [3.8, 4) is 0 Å². The number of allylic oxidation sites excluding steroid dienone is 1. The van der Waals surface area contributed by atoms with Crippen LogP contribution in [0.2, 0.25) is 0 Å². The van der Waals surface area contributed by atoms with Crippen molar-refractivity contribution in [2.75, 3.05) is 27.3 Å². The fourth-order valence-electron chi connectivity index (χ4n) is 2.80. The summed E-state index contributed by atoms with van der Waals surface area (Å²) in [6.45, 7) is 6.54. The Bertz CT molecular complexity index is 279. The van der Waals surface area contributed by atoms with Gasteiger partial charge >= 0.3 is 5.97 Å². The SMILES string of the molecule is C=CC[C@]1(C)[C@@H](CO)CN(C)[C@@H]1C(=O)OC. The van der Waals surface area contributed by atoms with Crippen LogP contribution in [0.1, 0.15) is 13.3 Å². The molecule has 1 aliphatic rings. The maximum absolute atomic E-state index is 11.8. The molecular weight excluding hydrogens is 206 g/mol. The normalized spacial score (nSPS) is 35.0. The number of ether oxygens (including phenoxy) is 1. The molecule has 0 aromatic carbocycles. The second-order valence-corrected chi connectivity index (χ2v) is 4.74. The first kappa shape index (κ1) is 13.2. The summed E-state index contributed by atoms with van der Waals surface area (Å²) in [4.78, 5) is 13.8. The van der Waals surface area contributed by atoms with Crippen molar-refractivity contribution >= 4 is 5.97 Å². The first-order valence-electron chi connectivity index (χ1n) is 5.51. The number of rotatable bonds is 4. The van der Waals surface area contributed by atoms with Crippen LogP contribution in [0, 0.1) is 11.3 Å². The molecule has 4 nitrogen and oxygen atoms in total. The van der Waals surface area contributed by atoms with Crippen molar-refractivity contribution in [3.63, 3.8) is 0 Å². The molecule has 0 amide bonds. The van der Waals surface area contributed by atoms with E-state index in [-0.39, 0.29) is 30.0 Å². The number of nitrogens with zero attached hydrogens (tertiary/aromatic N) is 1. The molecule has 1 aliphatic heterocycles. The molecule has 0 radical (unpaired) electrons. The molecule has 16 heavy (non-hydrogen) atoms. The lowest BCUT2D eigenvalue weighted by Crippen LogP contribution is -2.44. The summed E-state index contributed by atoms with van der Waals surface area (Å²) in [5, 5.41) is 9.41. The monoisotopic (exact) mass is 227 g/mol. The number of aliphatic hydroxyl groups excluding tert-OH is 1. The van der Waals surface area contributed by atoms with Gasteiger partial charge in [0.1, 0.15) is 6.04 Å². The third-order valence-electron chi connectivity index (χ3n) is 3.74. The number of aliphatic hydroxyl groups is 1. The van der Waals surface area contributed by atoms with Gasteiger partial charge in [0.05, 0.1) is 7.11 Å². The Morgan fingerprint density at radius 3 is 2.81 bits per heavy atom. The standard InChI is InChI=1S/C12H21NO3/c1-5-6-12(2)9(8-14)7-13(3)10(12)11(15)16-4/h5,9-10,14H,1,6-8H2,2-4H3/t9-,10-,12-/m1/s1. The van der Waals surface area contributed by atoms with E-state index in [1.165, 1.54) is 7.11 Å². The lowest BCUT2D eigenvalue weighted by atomic mass is 9.72. The molecular formula is C12H21NO3. The van der Waals surface area contributed by atoms with Gasteiger partial charge in [-0.1, -0.05) is 13.0 Å². The van der Waals surface area contributed by atoms with Crippen molar-refractivity contribution < 1.29 is 14.6 Å². The third kappa shape index (κ3) is 1.99. The molecule has 3 atom stereocenters. The lowest BCUT2D eigenvalue weighted by Gasteiger charge is -2.34. The second kappa shape index (κ2) is 4.97. The van der Waals surface area contributed by atoms with E-state index in [0.717, 1.165) is 0 Å². The molecule has 92 valence electrons. The van der Waals surface area contributed by atoms with E-state index in [4.69, 9.17) is 4.74 Å². The topological polar surface area (TPSA) is 49.8 Å². The number of hydrogen-bond donors (Lipinski definition) is 1. The largest absolute Gasteiger partial charge is 0.468 e. The van der Waals surface area contributed by atoms with Crippen molar-refractivity contribution in [1.29, 1.82) is 0 Å². The Morgan fingerprint density at radius 2 is 2.38 bits per heavy atom. The first-order valence-corrected chi connectivity index (χ1v) is 5.51. The number of carbonyl (C=O) groups is 1. The number of hydrogen-bond acceptors (Lipinski definition) is 4. The smallest absolute Gasteiger partial charge is 0.323 e. The molecule has 1 saturated heterocycles. The molecule has 0 spiro atoms. The van der Waals surface area contributed by atoms with Crippen LogP contribution < -0.4 is 0 Å². The molecule has 0 aromatic rings.